The van der Waals surface area contributed by atoms with E-state index < -0.39 is 0 Å². The van der Waals surface area contributed by atoms with E-state index in [1.54, 1.807) is 9.03 Å². The molecule has 0 unspecified atom stereocenters. The number of benzene rings is 1. The van der Waals surface area contributed by atoms with E-state index in [0.717, 1.165) is 42.7 Å². The summed E-state index contributed by atoms with van der Waals surface area (Å²) < 4.78 is 3.53. The van der Waals surface area contributed by atoms with Crippen molar-refractivity contribution < 1.29 is 0 Å². The highest BCUT2D eigenvalue weighted by molar-refractivity contribution is 7.20. The van der Waals surface area contributed by atoms with E-state index in [1.165, 1.54) is 22.7 Å². The normalized spacial score (nSPS) is 11.8. The molecule has 0 aliphatic carbocycles. The fraction of sp³-hybridized carbons (Fsp3) is 0.143. The Bertz CT molecular complexity index is 1100. The van der Waals surface area contributed by atoms with Crippen LogP contribution in [0.4, 0.5) is 0 Å². The number of hydrogen-bond acceptors (Lipinski definition) is 8. The van der Waals surface area contributed by atoms with E-state index in [9.17, 15) is 0 Å². The zero-order valence-electron chi connectivity index (χ0n) is 12.7. The van der Waals surface area contributed by atoms with Crippen molar-refractivity contribution >= 4 is 32.6 Å². The van der Waals surface area contributed by atoms with Crippen molar-refractivity contribution in [3.05, 3.63) is 35.9 Å². The molecule has 0 spiro atoms. The Labute approximate surface area is 143 Å². The third kappa shape index (κ3) is 1.90. The van der Waals surface area contributed by atoms with E-state index in [0.29, 0.717) is 0 Å². The topological polar surface area (TPSA) is 86.2 Å². The molecule has 8 nitrogen and oxygen atoms in total. The lowest BCUT2D eigenvalue weighted by Crippen LogP contribution is -1.91. The first-order valence-corrected chi connectivity index (χ1v) is 8.81. The minimum Gasteiger partial charge on any atom is -0.187 e. The van der Waals surface area contributed by atoms with Gasteiger partial charge in [0.2, 0.25) is 9.92 Å². The molecule has 24 heavy (non-hydrogen) atoms. The Balaban J connectivity index is 1.72. The van der Waals surface area contributed by atoms with Crippen LogP contribution in [0.25, 0.3) is 31.1 Å². The van der Waals surface area contributed by atoms with E-state index in [4.69, 9.17) is 0 Å². The standard InChI is InChI=1S/C14H10N8S2/c1-7-15-17-13-21(7)19-11(23-13)9-5-3-4-6-10(9)12-20-22-8(2)16-18-14(22)24-12/h3-6H,1-2H3. The highest BCUT2D eigenvalue weighted by Crippen LogP contribution is 2.36. The molecule has 0 saturated carbocycles. The molecule has 5 aromatic rings. The zero-order valence-corrected chi connectivity index (χ0v) is 14.3. The molecule has 0 amide bonds. The van der Waals surface area contributed by atoms with Gasteiger partial charge in [-0.05, 0) is 13.8 Å². The second-order valence-electron chi connectivity index (χ2n) is 5.24. The van der Waals surface area contributed by atoms with E-state index in [2.05, 4.69) is 30.6 Å². The van der Waals surface area contributed by atoms with Gasteiger partial charge in [0.25, 0.3) is 0 Å². The Hall–Kier alpha value is -2.72. The van der Waals surface area contributed by atoms with Gasteiger partial charge in [0.05, 0.1) is 0 Å². The molecule has 0 bridgehead atoms. The van der Waals surface area contributed by atoms with Crippen LogP contribution in [-0.2, 0) is 0 Å². The van der Waals surface area contributed by atoms with Crippen LogP contribution in [0.5, 0.6) is 0 Å². The van der Waals surface area contributed by atoms with Crippen molar-refractivity contribution in [1.82, 2.24) is 39.6 Å². The highest BCUT2D eigenvalue weighted by Gasteiger charge is 2.17. The quantitative estimate of drug-likeness (QED) is 0.484. The van der Waals surface area contributed by atoms with Gasteiger partial charge in [0.15, 0.2) is 11.6 Å². The van der Waals surface area contributed by atoms with Gasteiger partial charge in [0.1, 0.15) is 10.0 Å². The molecular weight excluding hydrogens is 344 g/mol. The summed E-state index contributed by atoms with van der Waals surface area (Å²) >= 11 is 3.02. The summed E-state index contributed by atoms with van der Waals surface area (Å²) in [6.07, 6.45) is 0. The van der Waals surface area contributed by atoms with E-state index in [-0.39, 0.29) is 0 Å². The third-order valence-corrected chi connectivity index (χ3v) is 5.55. The third-order valence-electron chi connectivity index (χ3n) is 3.68. The maximum atomic E-state index is 4.64. The number of rotatable bonds is 2. The zero-order chi connectivity index (χ0) is 16.3. The second kappa shape index (κ2) is 4.89. The summed E-state index contributed by atoms with van der Waals surface area (Å²) in [6, 6.07) is 8.09. The van der Waals surface area contributed by atoms with Crippen molar-refractivity contribution in [2.75, 3.05) is 0 Å². The van der Waals surface area contributed by atoms with Gasteiger partial charge in [-0.2, -0.15) is 19.2 Å². The summed E-state index contributed by atoms with van der Waals surface area (Å²) in [5, 5.41) is 27.4. The molecule has 0 atom stereocenters. The first-order chi connectivity index (χ1) is 11.7. The van der Waals surface area contributed by atoms with Crippen LogP contribution in [-0.4, -0.2) is 39.6 Å². The second-order valence-corrected chi connectivity index (χ2v) is 7.16. The lowest BCUT2D eigenvalue weighted by molar-refractivity contribution is 0.895. The van der Waals surface area contributed by atoms with Gasteiger partial charge in [-0.1, -0.05) is 46.9 Å². The molecule has 4 aromatic heterocycles. The van der Waals surface area contributed by atoms with Gasteiger partial charge in [-0.25, -0.2) is 0 Å². The molecule has 1 aromatic carbocycles. The summed E-state index contributed by atoms with van der Waals surface area (Å²) in [7, 11) is 0. The summed E-state index contributed by atoms with van der Waals surface area (Å²) in [5.74, 6) is 1.55. The molecule has 5 rings (SSSR count). The lowest BCUT2D eigenvalue weighted by atomic mass is 10.1. The average Bonchev–Trinajstić information content (AvgIpc) is 3.32. The van der Waals surface area contributed by atoms with Crippen molar-refractivity contribution in [1.29, 1.82) is 0 Å². The fourth-order valence-electron chi connectivity index (χ4n) is 2.50. The number of fused-ring (bicyclic) bond motifs is 2. The van der Waals surface area contributed by atoms with Gasteiger partial charge < -0.3 is 0 Å². The van der Waals surface area contributed by atoms with Crippen molar-refractivity contribution in [3.63, 3.8) is 0 Å². The van der Waals surface area contributed by atoms with Gasteiger partial charge >= 0.3 is 0 Å². The molecular formula is C14H10N8S2. The van der Waals surface area contributed by atoms with Crippen LogP contribution < -0.4 is 0 Å². The molecule has 4 heterocycles. The smallest absolute Gasteiger partial charge is 0.187 e. The maximum absolute atomic E-state index is 4.64. The lowest BCUT2D eigenvalue weighted by Gasteiger charge is -2.02. The minimum absolute atomic E-state index is 0.777. The molecule has 118 valence electrons. The Morgan fingerprint density at radius 1 is 0.708 bits per heavy atom. The van der Waals surface area contributed by atoms with Crippen molar-refractivity contribution in [2.24, 2.45) is 0 Å². The van der Waals surface area contributed by atoms with Gasteiger partial charge in [-0.15, -0.1) is 20.4 Å². The first kappa shape index (κ1) is 13.7. The Morgan fingerprint density at radius 3 is 1.58 bits per heavy atom. The maximum Gasteiger partial charge on any atom is 0.234 e. The molecule has 10 heteroatoms. The monoisotopic (exact) mass is 354 g/mol. The Kier molecular flexibility index (Phi) is 2.79. The average molecular weight is 354 g/mol. The first-order valence-electron chi connectivity index (χ1n) is 7.18. The van der Waals surface area contributed by atoms with Crippen molar-refractivity contribution in [3.8, 4) is 21.1 Å². The fourth-order valence-corrected chi connectivity index (χ4v) is 4.35. The van der Waals surface area contributed by atoms with Gasteiger partial charge in [-0.3, -0.25) is 0 Å². The van der Waals surface area contributed by atoms with Crippen LogP contribution in [0.2, 0.25) is 0 Å². The predicted molar refractivity (Wildman–Crippen MR) is 91.2 cm³/mol. The summed E-state index contributed by atoms with van der Waals surface area (Å²) in [6.45, 7) is 3.78. The summed E-state index contributed by atoms with van der Waals surface area (Å²) in [5.41, 5.74) is 2.05. The van der Waals surface area contributed by atoms with Gasteiger partial charge in [0, 0.05) is 11.1 Å². The summed E-state index contributed by atoms with van der Waals surface area (Å²) in [4.78, 5) is 1.57. The SMILES string of the molecule is Cc1nnc2sc(-c3ccccc3-c3nn4c(C)nnc4s3)nn12. The number of nitrogens with zero attached hydrogens (tertiary/aromatic N) is 8. The van der Waals surface area contributed by atoms with Crippen LogP contribution >= 0.6 is 22.7 Å². The van der Waals surface area contributed by atoms with E-state index in [1.807, 2.05) is 38.1 Å². The van der Waals surface area contributed by atoms with Crippen LogP contribution in [0.3, 0.4) is 0 Å². The minimum atomic E-state index is 0.777. The predicted octanol–water partition coefficient (Wildman–Crippen LogP) is 2.64. The highest BCUT2D eigenvalue weighted by atomic mass is 32.1. The largest absolute Gasteiger partial charge is 0.234 e. The molecule has 0 radical (unpaired) electrons. The molecule has 0 aliphatic rings. The molecule has 0 fully saturated rings. The van der Waals surface area contributed by atoms with Crippen molar-refractivity contribution in [2.45, 2.75) is 13.8 Å². The number of aromatic nitrogens is 8. The van der Waals surface area contributed by atoms with Crippen LogP contribution in [0.1, 0.15) is 11.6 Å². The number of hydrogen-bond donors (Lipinski definition) is 0. The van der Waals surface area contributed by atoms with E-state index >= 15 is 0 Å². The molecule has 0 saturated heterocycles. The molecule has 0 N–H and O–H groups in total. The van der Waals surface area contributed by atoms with Crippen LogP contribution in [0.15, 0.2) is 24.3 Å². The Morgan fingerprint density at radius 2 is 1.17 bits per heavy atom. The van der Waals surface area contributed by atoms with Crippen LogP contribution in [0, 0.1) is 13.8 Å². The number of aryl methyl sites for hydroxylation is 2. The molecule has 0 aliphatic heterocycles.